The number of anilines is 2. The number of imidazole rings is 1. The van der Waals surface area contributed by atoms with Crippen LogP contribution >= 0.6 is 0 Å². The van der Waals surface area contributed by atoms with E-state index < -0.39 is 5.97 Å². The van der Waals surface area contributed by atoms with E-state index in [9.17, 15) is 4.79 Å². The summed E-state index contributed by atoms with van der Waals surface area (Å²) in [5.41, 5.74) is 2.37. The minimum absolute atomic E-state index is 0.00891. The van der Waals surface area contributed by atoms with Crippen LogP contribution in [0.3, 0.4) is 0 Å². The van der Waals surface area contributed by atoms with Gasteiger partial charge in [-0.1, -0.05) is 0 Å². The Balaban J connectivity index is 1.93. The fraction of sp³-hybridized carbons (Fsp3) is 0.235. The van der Waals surface area contributed by atoms with E-state index in [2.05, 4.69) is 30.0 Å². The van der Waals surface area contributed by atoms with E-state index in [1.807, 2.05) is 29.8 Å². The maximum absolute atomic E-state index is 11.7. The molecule has 0 aliphatic carbocycles. The van der Waals surface area contributed by atoms with E-state index in [0.29, 0.717) is 11.4 Å². The highest BCUT2D eigenvalue weighted by molar-refractivity contribution is 5.85. The van der Waals surface area contributed by atoms with Crippen LogP contribution in [0.1, 0.15) is 16.3 Å². The highest BCUT2D eigenvalue weighted by Crippen LogP contribution is 2.28. The van der Waals surface area contributed by atoms with E-state index in [1.54, 1.807) is 19.5 Å². The highest BCUT2D eigenvalue weighted by atomic mass is 16.5. The number of methoxy groups -OCH3 is 3. The average Bonchev–Trinajstić information content (AvgIpc) is 3.12. The number of hydrogen-bond acceptors (Lipinski definition) is 9. The van der Waals surface area contributed by atoms with Crippen LogP contribution in [-0.2, 0) is 4.74 Å². The molecule has 0 saturated carbocycles. The largest absolute Gasteiger partial charge is 0.494 e. The molecule has 0 radical (unpaired) electrons. The Bertz CT molecular complexity index is 972. The van der Waals surface area contributed by atoms with Gasteiger partial charge in [0.25, 0.3) is 0 Å². The molecule has 0 spiro atoms. The highest BCUT2D eigenvalue weighted by Gasteiger charge is 2.15. The topological polar surface area (TPSA) is 113 Å². The van der Waals surface area contributed by atoms with E-state index >= 15 is 0 Å². The summed E-state index contributed by atoms with van der Waals surface area (Å²) in [4.78, 5) is 27.9. The van der Waals surface area contributed by atoms with Crippen molar-refractivity contribution in [2.75, 3.05) is 26.6 Å². The number of carbonyl (C=O) groups is 1. The van der Waals surface area contributed by atoms with Gasteiger partial charge in [-0.25, -0.2) is 9.78 Å². The lowest BCUT2D eigenvalue weighted by atomic mass is 10.2. The number of ether oxygens (including phenoxy) is 3. The molecule has 1 aromatic carbocycles. The number of hydrogen-bond donors (Lipinski definition) is 1. The lowest BCUT2D eigenvalue weighted by molar-refractivity contribution is 0.0585. The summed E-state index contributed by atoms with van der Waals surface area (Å²) in [7, 11) is 4.21. The Kier molecular flexibility index (Phi) is 5.15. The monoisotopic (exact) mass is 370 g/mol. The zero-order valence-corrected chi connectivity index (χ0v) is 15.3. The molecule has 3 rings (SSSR count). The standard InChI is InChI=1S/C17H18N6O4/c1-10-8-23(9-18-10)12-6-5-11(7-13(12)25-2)19-16-20-14(15(24)26-3)21-17(22-16)27-4/h5-9H,1-4H3,(H,19,20,21,22). The van der Waals surface area contributed by atoms with Gasteiger partial charge in [0.15, 0.2) is 0 Å². The molecule has 10 nitrogen and oxygen atoms in total. The first-order chi connectivity index (χ1) is 13.0. The molecule has 0 aliphatic rings. The minimum Gasteiger partial charge on any atom is -0.494 e. The molecule has 10 heteroatoms. The molecule has 1 N–H and O–H groups in total. The Morgan fingerprint density at radius 1 is 1.11 bits per heavy atom. The van der Waals surface area contributed by atoms with Gasteiger partial charge in [-0.15, -0.1) is 0 Å². The number of aromatic nitrogens is 5. The Morgan fingerprint density at radius 3 is 2.56 bits per heavy atom. The summed E-state index contributed by atoms with van der Waals surface area (Å²) < 4.78 is 17.0. The smallest absolute Gasteiger partial charge is 0.376 e. The van der Waals surface area contributed by atoms with E-state index in [0.717, 1.165) is 11.4 Å². The van der Waals surface area contributed by atoms with Gasteiger partial charge in [0.05, 0.1) is 39.0 Å². The summed E-state index contributed by atoms with van der Waals surface area (Å²) in [5, 5.41) is 3.00. The zero-order valence-electron chi connectivity index (χ0n) is 15.3. The molecule has 0 aliphatic heterocycles. The van der Waals surface area contributed by atoms with Gasteiger partial charge in [-0.2, -0.15) is 15.0 Å². The van der Waals surface area contributed by atoms with Crippen molar-refractivity contribution in [1.82, 2.24) is 24.5 Å². The third-order valence-electron chi connectivity index (χ3n) is 3.59. The second-order valence-corrected chi connectivity index (χ2v) is 5.39. The maximum atomic E-state index is 11.7. The molecule has 3 aromatic rings. The third-order valence-corrected chi connectivity index (χ3v) is 3.59. The van der Waals surface area contributed by atoms with Crippen LogP contribution in [0.2, 0.25) is 0 Å². The van der Waals surface area contributed by atoms with Crippen LogP contribution in [0.25, 0.3) is 5.69 Å². The van der Waals surface area contributed by atoms with Crippen LogP contribution in [0.15, 0.2) is 30.7 Å². The number of nitrogens with zero attached hydrogens (tertiary/aromatic N) is 5. The van der Waals surface area contributed by atoms with Crippen molar-refractivity contribution in [3.05, 3.63) is 42.2 Å². The molecule has 27 heavy (non-hydrogen) atoms. The molecule has 0 unspecified atom stereocenters. The first-order valence-electron chi connectivity index (χ1n) is 7.88. The van der Waals surface area contributed by atoms with Gasteiger partial charge >= 0.3 is 12.0 Å². The third kappa shape index (κ3) is 3.94. The molecule has 0 amide bonds. The van der Waals surface area contributed by atoms with Crippen LogP contribution in [0.5, 0.6) is 11.8 Å². The molecule has 0 saturated heterocycles. The summed E-state index contributed by atoms with van der Waals surface area (Å²) in [6, 6.07) is 5.45. The zero-order chi connectivity index (χ0) is 19.4. The first kappa shape index (κ1) is 18.1. The van der Waals surface area contributed by atoms with Gasteiger partial charge in [0, 0.05) is 18.0 Å². The first-order valence-corrected chi connectivity index (χ1v) is 7.88. The molecule has 0 atom stereocenters. The number of rotatable bonds is 6. The number of carbonyl (C=O) groups excluding carboxylic acids is 1. The lowest BCUT2D eigenvalue weighted by Crippen LogP contribution is -2.12. The quantitative estimate of drug-likeness (QED) is 0.650. The average molecular weight is 370 g/mol. The van der Waals surface area contributed by atoms with Crippen molar-refractivity contribution in [2.45, 2.75) is 6.92 Å². The van der Waals surface area contributed by atoms with Crippen molar-refractivity contribution in [2.24, 2.45) is 0 Å². The van der Waals surface area contributed by atoms with Gasteiger partial charge in [-0.3, -0.25) is 0 Å². The van der Waals surface area contributed by atoms with Crippen LogP contribution in [0.4, 0.5) is 11.6 Å². The number of nitrogens with one attached hydrogen (secondary N) is 1. The molecule has 0 fully saturated rings. The van der Waals surface area contributed by atoms with E-state index in [-0.39, 0.29) is 17.8 Å². The van der Waals surface area contributed by atoms with Crippen molar-refractivity contribution < 1.29 is 19.0 Å². The molecule has 2 aromatic heterocycles. The molecular formula is C17H18N6O4. The summed E-state index contributed by atoms with van der Waals surface area (Å²) in [6.07, 6.45) is 3.60. The van der Waals surface area contributed by atoms with Crippen molar-refractivity contribution in [3.63, 3.8) is 0 Å². The number of aryl methyl sites for hydroxylation is 1. The second kappa shape index (κ2) is 7.68. The SMILES string of the molecule is COC(=O)c1nc(Nc2ccc(-n3cnc(C)c3)c(OC)c2)nc(OC)n1. The maximum Gasteiger partial charge on any atom is 0.376 e. The molecule has 140 valence electrons. The van der Waals surface area contributed by atoms with Gasteiger partial charge < -0.3 is 24.1 Å². The van der Waals surface area contributed by atoms with Crippen LogP contribution in [-0.4, -0.2) is 51.8 Å². The van der Waals surface area contributed by atoms with E-state index in [4.69, 9.17) is 9.47 Å². The summed E-state index contributed by atoms with van der Waals surface area (Å²) in [5.74, 6) is -0.103. The molecule has 0 bridgehead atoms. The summed E-state index contributed by atoms with van der Waals surface area (Å²) in [6.45, 7) is 1.91. The Labute approximate surface area is 155 Å². The van der Waals surface area contributed by atoms with Gasteiger partial charge in [0.2, 0.25) is 11.8 Å². The minimum atomic E-state index is -0.692. The molecule has 2 heterocycles. The normalized spacial score (nSPS) is 10.4. The summed E-state index contributed by atoms with van der Waals surface area (Å²) >= 11 is 0. The number of esters is 1. The van der Waals surface area contributed by atoms with Crippen molar-refractivity contribution in [3.8, 4) is 17.4 Å². The number of benzene rings is 1. The van der Waals surface area contributed by atoms with E-state index in [1.165, 1.54) is 14.2 Å². The predicted molar refractivity (Wildman–Crippen MR) is 95.9 cm³/mol. The Hall–Kier alpha value is -3.69. The fourth-order valence-electron chi connectivity index (χ4n) is 2.34. The van der Waals surface area contributed by atoms with Gasteiger partial charge in [-0.05, 0) is 19.1 Å². The lowest BCUT2D eigenvalue weighted by Gasteiger charge is -2.12. The Morgan fingerprint density at radius 2 is 1.93 bits per heavy atom. The second-order valence-electron chi connectivity index (χ2n) is 5.39. The predicted octanol–water partition coefficient (Wildman–Crippen LogP) is 1.91. The fourth-order valence-corrected chi connectivity index (χ4v) is 2.34. The van der Waals surface area contributed by atoms with Crippen molar-refractivity contribution in [1.29, 1.82) is 0 Å². The van der Waals surface area contributed by atoms with Gasteiger partial charge in [0.1, 0.15) is 5.75 Å². The molecular weight excluding hydrogens is 352 g/mol. The van der Waals surface area contributed by atoms with Crippen LogP contribution < -0.4 is 14.8 Å². The van der Waals surface area contributed by atoms with Crippen LogP contribution in [0, 0.1) is 6.92 Å². The van der Waals surface area contributed by atoms with Crippen molar-refractivity contribution >= 4 is 17.6 Å².